The van der Waals surface area contributed by atoms with Crippen LogP contribution < -0.4 is 4.90 Å². The maximum Gasteiger partial charge on any atom is 0.0460 e. The van der Waals surface area contributed by atoms with Gasteiger partial charge in [-0.05, 0) is 35.4 Å². The van der Waals surface area contributed by atoms with Crippen molar-refractivity contribution in [2.45, 2.75) is 0 Å². The largest absolute Gasteiger partial charge is 0.378 e. The molecule has 18 heavy (non-hydrogen) atoms. The first kappa shape index (κ1) is 10.9. The predicted octanol–water partition coefficient (Wildman–Crippen LogP) is 3.90. The first-order chi connectivity index (χ1) is 8.75. The number of anilines is 1. The van der Waals surface area contributed by atoms with E-state index in [9.17, 15) is 0 Å². The third-order valence-corrected chi connectivity index (χ3v) is 3.27. The van der Waals surface area contributed by atoms with Gasteiger partial charge in [-0.25, -0.2) is 0 Å². The van der Waals surface area contributed by atoms with Gasteiger partial charge in [0.25, 0.3) is 0 Å². The van der Waals surface area contributed by atoms with Crippen molar-refractivity contribution in [2.24, 2.45) is 0 Å². The Kier molecular flexibility index (Phi) is 2.56. The van der Waals surface area contributed by atoms with E-state index >= 15 is 0 Å². The minimum absolute atomic E-state index is 1.18. The summed E-state index contributed by atoms with van der Waals surface area (Å²) >= 11 is 0. The summed E-state index contributed by atoms with van der Waals surface area (Å²) in [6, 6.07) is 17.1. The molecule has 0 radical (unpaired) electrons. The van der Waals surface area contributed by atoms with Crippen LogP contribution in [0.2, 0.25) is 0 Å². The summed E-state index contributed by atoms with van der Waals surface area (Å²) in [5.41, 5.74) is 4.94. The molecule has 1 aromatic heterocycles. The second kappa shape index (κ2) is 4.22. The van der Waals surface area contributed by atoms with E-state index in [-0.39, 0.29) is 0 Å². The zero-order valence-corrected chi connectivity index (χ0v) is 10.6. The van der Waals surface area contributed by atoms with Gasteiger partial charge in [0, 0.05) is 36.9 Å². The molecule has 0 aliphatic heterocycles. The predicted molar refractivity (Wildman–Crippen MR) is 78.1 cm³/mol. The lowest BCUT2D eigenvalue weighted by atomic mass is 10.0. The molecule has 3 aromatic rings. The molecule has 0 amide bonds. The highest BCUT2D eigenvalue weighted by atomic mass is 15.1. The molecule has 0 bridgehead atoms. The van der Waals surface area contributed by atoms with Crippen LogP contribution in [0.4, 0.5) is 5.69 Å². The van der Waals surface area contributed by atoms with Gasteiger partial charge in [-0.1, -0.05) is 24.3 Å². The Morgan fingerprint density at radius 1 is 0.944 bits per heavy atom. The normalized spacial score (nSPS) is 10.8. The number of aromatic nitrogens is 1. The van der Waals surface area contributed by atoms with Crippen molar-refractivity contribution in [2.75, 3.05) is 19.0 Å². The highest BCUT2D eigenvalue weighted by Crippen LogP contribution is 2.30. The van der Waals surface area contributed by atoms with Gasteiger partial charge >= 0.3 is 0 Å². The van der Waals surface area contributed by atoms with Gasteiger partial charge in [-0.3, -0.25) is 0 Å². The molecule has 3 rings (SSSR count). The monoisotopic (exact) mass is 236 g/mol. The molecular formula is C16H16N2. The fourth-order valence-electron chi connectivity index (χ4n) is 2.29. The van der Waals surface area contributed by atoms with Gasteiger partial charge in [0.05, 0.1) is 0 Å². The van der Waals surface area contributed by atoms with Crippen LogP contribution in [-0.2, 0) is 0 Å². The fraction of sp³-hybridized carbons (Fsp3) is 0.125. The Morgan fingerprint density at radius 3 is 2.61 bits per heavy atom. The number of nitrogens with zero attached hydrogens (tertiary/aromatic N) is 1. The van der Waals surface area contributed by atoms with Gasteiger partial charge in [0.15, 0.2) is 0 Å². The zero-order valence-electron chi connectivity index (χ0n) is 10.6. The van der Waals surface area contributed by atoms with Crippen LogP contribution >= 0.6 is 0 Å². The molecule has 1 N–H and O–H groups in total. The molecule has 0 saturated heterocycles. The maximum atomic E-state index is 3.26. The van der Waals surface area contributed by atoms with Gasteiger partial charge in [-0.15, -0.1) is 0 Å². The Labute approximate surface area is 107 Å². The van der Waals surface area contributed by atoms with Crippen LogP contribution in [0.15, 0.2) is 54.7 Å². The van der Waals surface area contributed by atoms with Crippen LogP contribution in [0, 0.1) is 0 Å². The summed E-state index contributed by atoms with van der Waals surface area (Å²) in [6.07, 6.45) is 1.99. The average molecular weight is 236 g/mol. The maximum absolute atomic E-state index is 3.26. The summed E-state index contributed by atoms with van der Waals surface area (Å²) in [5, 5.41) is 1.27. The molecule has 0 aliphatic rings. The Bertz CT molecular complexity index is 680. The van der Waals surface area contributed by atoms with Gasteiger partial charge < -0.3 is 9.88 Å². The molecule has 1 heterocycles. The van der Waals surface area contributed by atoms with Crippen molar-refractivity contribution >= 4 is 16.6 Å². The standard InChI is InChI=1S/C16H16N2/c1-18(2)13-6-3-5-12(11-13)14-7-4-8-16-15(14)9-10-17-16/h3-11,17H,1-2H3. The summed E-state index contributed by atoms with van der Waals surface area (Å²) < 4.78 is 0. The van der Waals surface area contributed by atoms with Crippen LogP contribution in [0.25, 0.3) is 22.0 Å². The summed E-state index contributed by atoms with van der Waals surface area (Å²) in [7, 11) is 4.13. The van der Waals surface area contributed by atoms with E-state index in [2.05, 4.69) is 72.5 Å². The molecule has 0 atom stereocenters. The van der Waals surface area contributed by atoms with Crippen molar-refractivity contribution in [1.82, 2.24) is 4.98 Å². The number of fused-ring (bicyclic) bond motifs is 1. The number of benzene rings is 2. The van der Waals surface area contributed by atoms with Gasteiger partial charge in [0.2, 0.25) is 0 Å². The van der Waals surface area contributed by atoms with Crippen molar-refractivity contribution in [1.29, 1.82) is 0 Å². The van der Waals surface area contributed by atoms with Crippen molar-refractivity contribution in [3.8, 4) is 11.1 Å². The summed E-state index contributed by atoms with van der Waals surface area (Å²) in [4.78, 5) is 5.38. The van der Waals surface area contributed by atoms with E-state index in [4.69, 9.17) is 0 Å². The lowest BCUT2D eigenvalue weighted by Gasteiger charge is -2.14. The molecule has 0 aliphatic carbocycles. The van der Waals surface area contributed by atoms with E-state index in [1.54, 1.807) is 0 Å². The number of aromatic amines is 1. The van der Waals surface area contributed by atoms with Crippen LogP contribution in [-0.4, -0.2) is 19.1 Å². The third kappa shape index (κ3) is 1.76. The van der Waals surface area contributed by atoms with Crippen molar-refractivity contribution < 1.29 is 0 Å². The highest BCUT2D eigenvalue weighted by molar-refractivity contribution is 5.95. The number of hydrogen-bond acceptors (Lipinski definition) is 1. The third-order valence-electron chi connectivity index (χ3n) is 3.27. The second-order valence-corrected chi connectivity index (χ2v) is 4.69. The number of H-pyrrole nitrogens is 1. The molecule has 90 valence electrons. The summed E-state index contributed by atoms with van der Waals surface area (Å²) in [5.74, 6) is 0. The van der Waals surface area contributed by atoms with Crippen LogP contribution in [0.3, 0.4) is 0 Å². The minimum atomic E-state index is 1.18. The Hall–Kier alpha value is -2.22. The number of hydrogen-bond donors (Lipinski definition) is 1. The smallest absolute Gasteiger partial charge is 0.0460 e. The fourth-order valence-corrected chi connectivity index (χ4v) is 2.29. The molecule has 2 heteroatoms. The van der Waals surface area contributed by atoms with E-state index in [1.165, 1.54) is 27.7 Å². The Balaban J connectivity index is 2.20. The SMILES string of the molecule is CN(C)c1cccc(-c2cccc3[nH]ccc23)c1. The summed E-state index contributed by atoms with van der Waals surface area (Å²) in [6.45, 7) is 0. The highest BCUT2D eigenvalue weighted by Gasteiger charge is 2.05. The lowest BCUT2D eigenvalue weighted by Crippen LogP contribution is -2.08. The van der Waals surface area contributed by atoms with Gasteiger partial charge in [-0.2, -0.15) is 0 Å². The molecule has 0 saturated carbocycles. The van der Waals surface area contributed by atoms with Crippen LogP contribution in [0.1, 0.15) is 0 Å². The zero-order chi connectivity index (χ0) is 12.5. The van der Waals surface area contributed by atoms with Crippen molar-refractivity contribution in [3.63, 3.8) is 0 Å². The number of rotatable bonds is 2. The molecule has 0 unspecified atom stereocenters. The topological polar surface area (TPSA) is 19.0 Å². The van der Waals surface area contributed by atoms with Crippen LogP contribution in [0.5, 0.6) is 0 Å². The lowest BCUT2D eigenvalue weighted by molar-refractivity contribution is 1.13. The van der Waals surface area contributed by atoms with E-state index < -0.39 is 0 Å². The second-order valence-electron chi connectivity index (χ2n) is 4.69. The van der Waals surface area contributed by atoms with Gasteiger partial charge in [0.1, 0.15) is 0 Å². The molecule has 2 aromatic carbocycles. The average Bonchev–Trinajstić information content (AvgIpc) is 2.87. The Morgan fingerprint density at radius 2 is 1.78 bits per heavy atom. The number of nitrogens with one attached hydrogen (secondary N) is 1. The van der Waals surface area contributed by atoms with Crippen molar-refractivity contribution in [3.05, 3.63) is 54.7 Å². The van der Waals surface area contributed by atoms with E-state index in [0.717, 1.165) is 0 Å². The molecule has 2 nitrogen and oxygen atoms in total. The minimum Gasteiger partial charge on any atom is -0.378 e. The first-order valence-corrected chi connectivity index (χ1v) is 6.09. The molecular weight excluding hydrogens is 220 g/mol. The quantitative estimate of drug-likeness (QED) is 0.715. The first-order valence-electron chi connectivity index (χ1n) is 6.09. The molecule has 0 spiro atoms. The molecule has 0 fully saturated rings. The van der Waals surface area contributed by atoms with E-state index in [1.807, 2.05) is 6.20 Å². The van der Waals surface area contributed by atoms with E-state index in [0.29, 0.717) is 0 Å².